The second kappa shape index (κ2) is 8.16. The van der Waals surface area contributed by atoms with Crippen LogP contribution in [0.3, 0.4) is 0 Å². The molecule has 6 nitrogen and oxygen atoms in total. The number of benzene rings is 2. The summed E-state index contributed by atoms with van der Waals surface area (Å²) in [4.78, 5) is 28.7. The highest BCUT2D eigenvalue weighted by molar-refractivity contribution is 6.08. The molecule has 2 amide bonds. The Balaban J connectivity index is 1.63. The molecule has 0 saturated carbocycles. The number of nitrogens with one attached hydrogen (secondary N) is 2. The number of halogens is 1. The third-order valence-corrected chi connectivity index (χ3v) is 4.69. The summed E-state index contributed by atoms with van der Waals surface area (Å²) in [5.41, 5.74) is 3.64. The molecule has 4 rings (SSSR count). The Hall–Kier alpha value is -4.00. The predicted molar refractivity (Wildman–Crippen MR) is 114 cm³/mol. The monoisotopic (exact) mass is 402 g/mol. The summed E-state index contributed by atoms with van der Waals surface area (Å²) in [6.07, 6.45) is 1.86. The van der Waals surface area contributed by atoms with Crippen LogP contribution in [0.25, 0.3) is 16.6 Å². The van der Waals surface area contributed by atoms with Crippen molar-refractivity contribution in [2.45, 2.75) is 6.92 Å². The second-order valence-electron chi connectivity index (χ2n) is 6.73. The Morgan fingerprint density at radius 1 is 1.00 bits per heavy atom. The fourth-order valence-electron chi connectivity index (χ4n) is 3.34. The first-order valence-electron chi connectivity index (χ1n) is 9.37. The number of hydrogen-bond donors (Lipinski definition) is 2. The van der Waals surface area contributed by atoms with E-state index in [4.69, 9.17) is 0 Å². The van der Waals surface area contributed by atoms with Gasteiger partial charge in [-0.1, -0.05) is 36.4 Å². The molecular weight excluding hydrogens is 383 g/mol. The molecule has 2 aromatic carbocycles. The van der Waals surface area contributed by atoms with Crippen LogP contribution in [-0.4, -0.2) is 27.9 Å². The van der Waals surface area contributed by atoms with E-state index in [9.17, 15) is 14.0 Å². The Kier molecular flexibility index (Phi) is 5.26. The molecule has 0 aliphatic rings. The molecule has 0 aliphatic heterocycles. The largest absolute Gasteiger partial charge is 0.323 e. The number of amides is 2. The van der Waals surface area contributed by atoms with E-state index in [1.807, 2.05) is 53.9 Å². The number of nitrogens with zero attached hydrogens (tertiary/aromatic N) is 2. The van der Waals surface area contributed by atoms with Crippen LogP contribution in [0.1, 0.15) is 16.3 Å². The maximum atomic E-state index is 12.9. The zero-order valence-electron chi connectivity index (χ0n) is 16.2. The Morgan fingerprint density at radius 2 is 1.80 bits per heavy atom. The van der Waals surface area contributed by atoms with E-state index < -0.39 is 12.6 Å². The van der Waals surface area contributed by atoms with E-state index in [2.05, 4.69) is 15.6 Å². The number of imidazole rings is 1. The van der Waals surface area contributed by atoms with Crippen molar-refractivity contribution >= 4 is 28.7 Å². The average Bonchev–Trinajstić information content (AvgIpc) is 3.11. The number of fused-ring (bicyclic) bond motifs is 1. The number of carbonyl (C=O) groups excluding carboxylic acids is 2. The van der Waals surface area contributed by atoms with Gasteiger partial charge in [-0.15, -0.1) is 0 Å². The van der Waals surface area contributed by atoms with Crippen molar-refractivity contribution in [2.24, 2.45) is 0 Å². The Bertz CT molecular complexity index is 1250. The van der Waals surface area contributed by atoms with Crippen LogP contribution in [0.2, 0.25) is 0 Å². The van der Waals surface area contributed by atoms with Gasteiger partial charge in [0, 0.05) is 23.1 Å². The van der Waals surface area contributed by atoms with Crippen molar-refractivity contribution < 1.29 is 14.0 Å². The lowest BCUT2D eigenvalue weighted by atomic mass is 10.0. The summed E-state index contributed by atoms with van der Waals surface area (Å²) >= 11 is 0. The van der Waals surface area contributed by atoms with E-state index >= 15 is 0 Å². The zero-order chi connectivity index (χ0) is 21.1. The number of aryl methyl sites for hydroxylation is 1. The summed E-state index contributed by atoms with van der Waals surface area (Å²) < 4.78 is 14.5. The van der Waals surface area contributed by atoms with E-state index in [-0.39, 0.29) is 5.91 Å². The van der Waals surface area contributed by atoms with Crippen molar-refractivity contribution in [3.05, 3.63) is 84.4 Å². The van der Waals surface area contributed by atoms with Gasteiger partial charge in [0.2, 0.25) is 0 Å². The number of alkyl halides is 1. The van der Waals surface area contributed by atoms with Crippen LogP contribution in [0.15, 0.2) is 72.9 Å². The summed E-state index contributed by atoms with van der Waals surface area (Å²) in [7, 11) is 0. The molecule has 0 aliphatic carbocycles. The first-order valence-corrected chi connectivity index (χ1v) is 9.37. The fraction of sp³-hybridized carbons (Fsp3) is 0.0870. The molecule has 30 heavy (non-hydrogen) atoms. The van der Waals surface area contributed by atoms with Gasteiger partial charge in [-0.05, 0) is 42.8 Å². The third-order valence-electron chi connectivity index (χ3n) is 4.69. The van der Waals surface area contributed by atoms with E-state index in [0.29, 0.717) is 17.1 Å². The van der Waals surface area contributed by atoms with Crippen molar-refractivity contribution in [1.82, 2.24) is 9.38 Å². The average molecular weight is 402 g/mol. The maximum Gasteiger partial charge on any atom is 0.276 e. The summed E-state index contributed by atoms with van der Waals surface area (Å²) in [6.45, 7) is 0.746. The van der Waals surface area contributed by atoms with E-state index in [0.717, 1.165) is 22.5 Å². The smallest absolute Gasteiger partial charge is 0.276 e. The highest BCUT2D eigenvalue weighted by Crippen LogP contribution is 2.30. The number of aromatic nitrogens is 2. The minimum atomic E-state index is -1.09. The predicted octanol–water partition coefficient (Wildman–Crippen LogP) is 4.47. The van der Waals surface area contributed by atoms with Gasteiger partial charge < -0.3 is 15.0 Å². The van der Waals surface area contributed by atoms with Crippen LogP contribution in [0.5, 0.6) is 0 Å². The Labute approximate surface area is 172 Å². The van der Waals surface area contributed by atoms with Crippen LogP contribution in [0.4, 0.5) is 15.8 Å². The van der Waals surface area contributed by atoms with Gasteiger partial charge in [0.15, 0.2) is 12.4 Å². The molecule has 2 heterocycles. The first-order chi connectivity index (χ1) is 14.6. The molecule has 2 N–H and O–H groups in total. The van der Waals surface area contributed by atoms with Crippen LogP contribution in [-0.2, 0) is 4.79 Å². The lowest BCUT2D eigenvalue weighted by Gasteiger charge is -2.12. The SMILES string of the molecule is Cc1nc(C(=O)Nc2cccc(-c3ccccc3NC(=O)CF)c2)c2ccccn12. The summed E-state index contributed by atoms with van der Waals surface area (Å²) in [5.74, 6) is -0.307. The van der Waals surface area contributed by atoms with E-state index in [1.165, 1.54) is 0 Å². The lowest BCUT2D eigenvalue weighted by Crippen LogP contribution is -2.14. The normalized spacial score (nSPS) is 10.7. The lowest BCUT2D eigenvalue weighted by molar-refractivity contribution is -0.117. The topological polar surface area (TPSA) is 75.5 Å². The minimum absolute atomic E-state index is 0.317. The maximum absolute atomic E-state index is 12.9. The van der Waals surface area contributed by atoms with Gasteiger partial charge in [0.25, 0.3) is 11.8 Å². The van der Waals surface area contributed by atoms with Crippen molar-refractivity contribution in [3.8, 4) is 11.1 Å². The number of anilines is 2. The molecule has 0 fully saturated rings. The van der Waals surface area contributed by atoms with Crippen LogP contribution in [0, 0.1) is 6.92 Å². The molecule has 0 atom stereocenters. The summed E-state index contributed by atoms with van der Waals surface area (Å²) in [6, 6.07) is 19.9. The molecule has 2 aromatic heterocycles. The van der Waals surface area contributed by atoms with Gasteiger partial charge in [-0.25, -0.2) is 9.37 Å². The number of carbonyl (C=O) groups is 2. The molecule has 0 radical (unpaired) electrons. The van der Waals surface area contributed by atoms with Gasteiger partial charge in [-0.3, -0.25) is 9.59 Å². The van der Waals surface area contributed by atoms with Crippen LogP contribution >= 0.6 is 0 Å². The standard InChI is InChI=1S/C23H19FN4O2/c1-15-25-22(20-11-4-5-12-28(15)20)23(30)26-17-8-6-7-16(13-17)18-9-2-3-10-19(18)27-21(29)14-24/h2-13H,14H2,1H3,(H,26,30)(H,27,29). The van der Waals surface area contributed by atoms with Gasteiger partial charge in [0.05, 0.1) is 5.52 Å². The number of rotatable bonds is 5. The molecule has 7 heteroatoms. The van der Waals surface area contributed by atoms with Gasteiger partial charge >= 0.3 is 0 Å². The molecule has 4 aromatic rings. The Morgan fingerprint density at radius 3 is 2.63 bits per heavy atom. The minimum Gasteiger partial charge on any atom is -0.323 e. The molecule has 150 valence electrons. The molecular formula is C23H19FN4O2. The fourth-order valence-corrected chi connectivity index (χ4v) is 3.34. The van der Waals surface area contributed by atoms with Crippen molar-refractivity contribution in [2.75, 3.05) is 17.3 Å². The summed E-state index contributed by atoms with van der Waals surface area (Å²) in [5, 5.41) is 5.44. The van der Waals surface area contributed by atoms with Gasteiger partial charge in [0.1, 0.15) is 5.82 Å². The highest BCUT2D eigenvalue weighted by Gasteiger charge is 2.16. The van der Waals surface area contributed by atoms with Crippen LogP contribution < -0.4 is 10.6 Å². The van der Waals surface area contributed by atoms with Crippen molar-refractivity contribution in [1.29, 1.82) is 0 Å². The third kappa shape index (κ3) is 3.77. The van der Waals surface area contributed by atoms with Crippen molar-refractivity contribution in [3.63, 3.8) is 0 Å². The number of hydrogen-bond acceptors (Lipinski definition) is 3. The quantitative estimate of drug-likeness (QED) is 0.517. The first kappa shape index (κ1) is 19.3. The molecule has 0 spiro atoms. The highest BCUT2D eigenvalue weighted by atomic mass is 19.1. The van der Waals surface area contributed by atoms with E-state index in [1.54, 1.807) is 30.3 Å². The molecule has 0 bridgehead atoms. The zero-order valence-corrected chi connectivity index (χ0v) is 16.2. The molecule has 0 unspecified atom stereocenters. The second-order valence-corrected chi connectivity index (χ2v) is 6.73. The number of para-hydroxylation sites is 1. The molecule has 0 saturated heterocycles. The number of pyridine rings is 1. The van der Waals surface area contributed by atoms with Gasteiger partial charge in [-0.2, -0.15) is 0 Å².